The van der Waals surface area contributed by atoms with Crippen LogP contribution in [0.5, 0.6) is 5.75 Å². The number of rotatable bonds is 9. The predicted octanol–water partition coefficient (Wildman–Crippen LogP) is 16.3. The van der Waals surface area contributed by atoms with Crippen LogP contribution in [-0.4, -0.2) is 23.5 Å². The van der Waals surface area contributed by atoms with Crippen molar-refractivity contribution in [3.8, 4) is 41.3 Å². The van der Waals surface area contributed by atoms with Crippen molar-refractivity contribution in [3.05, 3.63) is 172 Å². The van der Waals surface area contributed by atoms with E-state index < -0.39 is 20.6 Å². The average molecular weight is 988 g/mol. The highest BCUT2D eigenvalue weighted by Crippen LogP contribution is 2.36. The third-order valence-electron chi connectivity index (χ3n) is 10.7. The molecule has 0 amide bonds. The van der Waals surface area contributed by atoms with Crippen molar-refractivity contribution in [2.45, 2.75) is 129 Å². The monoisotopic (exact) mass is 987 g/mol. The first-order valence-electron chi connectivity index (χ1n) is 29.0. The van der Waals surface area contributed by atoms with E-state index in [1.165, 1.54) is 58.9 Å². The number of thiol groups is 4. The van der Waals surface area contributed by atoms with Crippen molar-refractivity contribution in [2.75, 3.05) is 18.2 Å². The molecule has 5 aromatic rings. The van der Waals surface area contributed by atoms with E-state index in [9.17, 15) is 0 Å². The fraction of sp³-hybridized carbons (Fsp3) is 0.410. The van der Waals surface area contributed by atoms with Crippen molar-refractivity contribution in [1.82, 2.24) is 0 Å². The van der Waals surface area contributed by atoms with Gasteiger partial charge in [-0.3, -0.25) is 5.73 Å². The Kier molecular flexibility index (Phi) is 26.3. The SMILES string of the molecule is [2H]C([3H])C#CCCCCCS.[2H]C([3H])c1ccc(C#Cc2ccc(C#CC3CCC(S)CC3)cc2)cc1.[2H]C([3H])c1ccc(C2CCC(CS)CC2)cc1.[2H]c1ccc(CS)cc1.[2H]c1ccc(OCN)cc1.[3H]C.[3H]C. The second-order valence-electron chi connectivity index (χ2n) is 15.8. The highest BCUT2D eigenvalue weighted by atomic mass is 32.1. The summed E-state index contributed by atoms with van der Waals surface area (Å²) in [7, 11) is 2.50. The summed E-state index contributed by atoms with van der Waals surface area (Å²) in [6, 6.07) is 38.6. The van der Waals surface area contributed by atoms with Crippen molar-refractivity contribution >= 4 is 50.5 Å². The van der Waals surface area contributed by atoms with Gasteiger partial charge in [-0.2, -0.15) is 50.5 Å². The zero-order valence-electron chi connectivity index (χ0n) is 49.7. The molecule has 6 heteroatoms. The summed E-state index contributed by atoms with van der Waals surface area (Å²) in [5, 5.41) is 0.558. The molecule has 5 aromatic carbocycles. The molecule has 360 valence electrons. The lowest BCUT2D eigenvalue weighted by atomic mass is 9.79. The van der Waals surface area contributed by atoms with Gasteiger partial charge < -0.3 is 4.74 Å². The third-order valence-corrected chi connectivity index (χ3v) is 12.5. The molecule has 67 heavy (non-hydrogen) atoms. The summed E-state index contributed by atoms with van der Waals surface area (Å²) in [5.41, 5.74) is 12.0. The molecule has 0 spiro atoms. The van der Waals surface area contributed by atoms with Gasteiger partial charge >= 0.3 is 0 Å². The molecular weight excluding hydrogens is 891 g/mol. The molecule has 0 bridgehead atoms. The first-order valence-corrected chi connectivity index (χ1v) is 25.0. The maximum Gasteiger partial charge on any atom is 0.137 e. The maximum absolute atomic E-state index is 7.37. The number of aryl methyl sites for hydroxylation is 2. The molecule has 0 aromatic heterocycles. The molecule has 2 nitrogen and oxygen atoms in total. The minimum Gasteiger partial charge on any atom is -0.479 e. The lowest BCUT2D eigenvalue weighted by Gasteiger charge is -2.27. The van der Waals surface area contributed by atoms with E-state index in [4.69, 9.17) is 24.2 Å². The summed E-state index contributed by atoms with van der Waals surface area (Å²) >= 11 is 17.1. The van der Waals surface area contributed by atoms with Gasteiger partial charge in [0.2, 0.25) is 0 Å². The standard InChI is InChI=1S/C23H22S.C14H20S.C8H14S.C7H9NO.C7H8S.2CH4/c1-18-2-4-19(5-3-18)6-7-20-8-10-21(11-9-20)12-13-22-14-16-23(24)17-15-22;1-11-2-6-13(7-3-11)14-8-4-12(10-15)5-9-14;1-2-3-4-5-6-7-8-9;8-6-9-7-4-2-1-3-5-7;8-6-7-4-2-1-3-5-7;;/h2-5,8-11,22-24H,14-17H2,1H3;2-3,6-7,12,14-15H,4-5,8-10H2,1H3;9H,4-8H2,1H3;1-5H,6,8H2;1-5,8H,6H2;2*1H4/i3*1TD;2*1D;2*1T. The highest BCUT2D eigenvalue weighted by molar-refractivity contribution is 7.81. The van der Waals surface area contributed by atoms with Crippen LogP contribution in [0.2, 0.25) is 0 Å². The van der Waals surface area contributed by atoms with Crippen LogP contribution in [0, 0.1) is 61.1 Å². The number of unbranched alkanes of at least 4 members (excludes halogenated alkanes) is 3. The molecule has 3 atom stereocenters. The molecular formula is C61H81NOS4. The molecule has 0 radical (unpaired) electrons. The minimum absolute atomic E-state index is 0.178. The van der Waals surface area contributed by atoms with Gasteiger partial charge in [-0.15, -0.1) is 11.8 Å². The number of nitrogens with two attached hydrogens (primary N) is 1. The Morgan fingerprint density at radius 2 is 1.22 bits per heavy atom. The summed E-state index contributed by atoms with van der Waals surface area (Å²) < 4.78 is 73.7. The van der Waals surface area contributed by atoms with E-state index >= 15 is 0 Å². The quantitative estimate of drug-likeness (QED) is 0.0442. The molecule has 2 saturated carbocycles. The van der Waals surface area contributed by atoms with E-state index in [0.29, 0.717) is 40.5 Å². The van der Waals surface area contributed by atoms with Gasteiger partial charge in [0.15, 0.2) is 0 Å². The summed E-state index contributed by atoms with van der Waals surface area (Å²) in [4.78, 5) is 0. The van der Waals surface area contributed by atoms with Crippen LogP contribution >= 0.6 is 50.5 Å². The average Bonchev–Trinajstić information content (AvgIpc) is 3.46. The fourth-order valence-corrected chi connectivity index (χ4v) is 7.96. The first-order chi connectivity index (χ1) is 37.2. The van der Waals surface area contributed by atoms with Crippen LogP contribution in [0.25, 0.3) is 0 Å². The van der Waals surface area contributed by atoms with Crippen LogP contribution in [0.3, 0.4) is 0 Å². The summed E-state index contributed by atoms with van der Waals surface area (Å²) in [6.45, 7) is -2.60. The lowest BCUT2D eigenvalue weighted by Crippen LogP contribution is -2.14. The zero-order chi connectivity index (χ0) is 57.2. The Labute approximate surface area is 445 Å². The third kappa shape index (κ3) is 28.1. The largest absolute Gasteiger partial charge is 0.479 e. The summed E-state index contributed by atoms with van der Waals surface area (Å²) in [5.74, 6) is 23.6. The van der Waals surface area contributed by atoms with Crippen LogP contribution in [0.15, 0.2) is 133 Å². The summed E-state index contributed by atoms with van der Waals surface area (Å²) in [6.07, 6.45) is 13.9. The van der Waals surface area contributed by atoms with Gasteiger partial charge in [0.1, 0.15) is 12.5 Å². The molecule has 7 rings (SSSR count). The smallest absolute Gasteiger partial charge is 0.137 e. The first kappa shape index (κ1) is 45.4. The van der Waals surface area contributed by atoms with Gasteiger partial charge in [-0.1, -0.05) is 141 Å². The van der Waals surface area contributed by atoms with E-state index in [1.807, 2.05) is 60.7 Å². The van der Waals surface area contributed by atoms with Crippen LogP contribution < -0.4 is 10.5 Å². The van der Waals surface area contributed by atoms with Crippen LogP contribution in [-0.2, 0) is 5.75 Å². The fourth-order valence-electron chi connectivity index (χ4n) is 6.86. The van der Waals surface area contributed by atoms with E-state index in [2.05, 4.69) is 98.2 Å². The Hall–Kier alpha value is -4.06. The molecule has 2 fully saturated rings. The number of ether oxygens (including phenoxy) is 1. The Balaban J connectivity index is 0.000000504. The number of hydrogen-bond donors (Lipinski definition) is 5. The Morgan fingerprint density at radius 1 is 0.687 bits per heavy atom. The molecule has 0 saturated heterocycles. The van der Waals surface area contributed by atoms with Gasteiger partial charge in [0, 0.05) is 51.0 Å². The zero-order valence-corrected chi connectivity index (χ0v) is 43.3. The van der Waals surface area contributed by atoms with Crippen LogP contribution in [0.1, 0.15) is 157 Å². The van der Waals surface area contributed by atoms with E-state index in [0.717, 1.165) is 89.5 Å². The van der Waals surface area contributed by atoms with Gasteiger partial charge in [-0.25, -0.2) is 0 Å². The number of benzene rings is 5. The van der Waals surface area contributed by atoms with Crippen molar-refractivity contribution < 1.29 is 18.4 Å². The molecule has 2 aliphatic carbocycles. The van der Waals surface area contributed by atoms with Gasteiger partial charge in [0.05, 0.1) is 2.74 Å². The van der Waals surface area contributed by atoms with Crippen LogP contribution in [0.4, 0.5) is 0 Å². The number of hydrogen-bond acceptors (Lipinski definition) is 6. The Morgan fingerprint density at radius 3 is 1.73 bits per heavy atom. The highest BCUT2D eigenvalue weighted by Gasteiger charge is 2.21. The second kappa shape index (κ2) is 38.9. The predicted molar refractivity (Wildman–Crippen MR) is 309 cm³/mol. The maximum atomic E-state index is 7.37. The molecule has 3 unspecified atom stereocenters. The van der Waals surface area contributed by atoms with E-state index in [-0.39, 0.29) is 6.73 Å². The lowest BCUT2D eigenvalue weighted by molar-refractivity contribution is 0.329. The van der Waals surface area contributed by atoms with Gasteiger partial charge in [0.25, 0.3) is 0 Å². The Bertz CT molecular complexity index is 2430. The van der Waals surface area contributed by atoms with Gasteiger partial charge in [-0.05, 0) is 168 Å². The molecule has 0 aliphatic heterocycles. The molecule has 2 N–H and O–H groups in total. The second-order valence-corrected chi connectivity index (χ2v) is 17.6. The molecule has 2 aliphatic rings. The van der Waals surface area contributed by atoms with E-state index in [1.54, 1.807) is 48.5 Å². The normalized spacial score (nSPS) is 19.6. The van der Waals surface area contributed by atoms with Crippen molar-refractivity contribution in [3.63, 3.8) is 0 Å². The van der Waals surface area contributed by atoms with Crippen molar-refractivity contribution in [1.29, 1.82) is 0 Å². The molecule has 0 heterocycles. The topological polar surface area (TPSA) is 35.2 Å². The number of para-hydroxylation sites is 1. The van der Waals surface area contributed by atoms with Crippen molar-refractivity contribution in [2.24, 2.45) is 17.6 Å². The minimum atomic E-state index is -0.972.